The van der Waals surface area contributed by atoms with Gasteiger partial charge in [-0.1, -0.05) is 44.2 Å². The predicted octanol–water partition coefficient (Wildman–Crippen LogP) is 4.76. The van der Waals surface area contributed by atoms with E-state index in [1.807, 2.05) is 19.1 Å². The van der Waals surface area contributed by atoms with E-state index in [0.29, 0.717) is 24.9 Å². The molecule has 0 aromatic heterocycles. The quantitative estimate of drug-likeness (QED) is 0.454. The van der Waals surface area contributed by atoms with Crippen molar-refractivity contribution in [3.8, 4) is 0 Å². The predicted molar refractivity (Wildman–Crippen MR) is 133 cm³/mol. The zero-order valence-electron chi connectivity index (χ0n) is 19.1. The topological polar surface area (TPSA) is 58.2 Å². The van der Waals surface area contributed by atoms with Crippen molar-refractivity contribution in [2.75, 3.05) is 18.8 Å². The summed E-state index contributed by atoms with van der Waals surface area (Å²) in [6.45, 7) is 5.41. The second-order valence-electron chi connectivity index (χ2n) is 8.49. The fourth-order valence-corrected chi connectivity index (χ4v) is 5.73. The number of fused-ring (bicyclic) bond motifs is 1. The minimum absolute atomic E-state index is 0. The number of hydrogen-bond donors (Lipinski definition) is 2. The largest absolute Gasteiger partial charge is 0.314 e. The molecule has 1 aliphatic carbocycles. The van der Waals surface area contributed by atoms with Crippen LogP contribution in [0.1, 0.15) is 61.3 Å². The van der Waals surface area contributed by atoms with E-state index in [-0.39, 0.29) is 24.0 Å². The molecule has 4 nitrogen and oxygen atoms in total. The van der Waals surface area contributed by atoms with Gasteiger partial charge in [0.2, 0.25) is 10.0 Å². The number of nitrogens with one attached hydrogen (secondary N) is 2. The number of likely N-dealkylation sites (N-methyl/N-ethyl adjacent to an activating group) is 1. The Morgan fingerprint density at radius 2 is 1.78 bits per heavy atom. The van der Waals surface area contributed by atoms with E-state index in [1.54, 1.807) is 0 Å². The molecule has 0 saturated heterocycles. The van der Waals surface area contributed by atoms with Gasteiger partial charge >= 0.3 is 0 Å². The summed E-state index contributed by atoms with van der Waals surface area (Å²) in [5.41, 5.74) is 5.17. The van der Waals surface area contributed by atoms with Crippen molar-refractivity contribution in [3.05, 3.63) is 70.5 Å². The maximum Gasteiger partial charge on any atom is 0.211 e. The highest BCUT2D eigenvalue weighted by molar-refractivity contribution is 7.89. The Hall–Kier alpha value is -1.47. The van der Waals surface area contributed by atoms with Crippen LogP contribution < -0.4 is 10.0 Å². The Kier molecular flexibility index (Phi) is 10.6. The molecule has 0 saturated carbocycles. The summed E-state index contributed by atoms with van der Waals surface area (Å²) < 4.78 is 39.7. The summed E-state index contributed by atoms with van der Waals surface area (Å²) >= 11 is 0. The highest BCUT2D eigenvalue weighted by atomic mass is 35.5. The molecule has 2 atom stereocenters. The van der Waals surface area contributed by atoms with E-state index in [2.05, 4.69) is 35.2 Å². The molecule has 2 aromatic carbocycles. The molecule has 0 fully saturated rings. The molecule has 3 rings (SSSR count). The van der Waals surface area contributed by atoms with Gasteiger partial charge in [-0.3, -0.25) is 0 Å². The van der Waals surface area contributed by atoms with Crippen LogP contribution in [0.3, 0.4) is 0 Å². The Morgan fingerprint density at radius 1 is 1.06 bits per heavy atom. The molecular weight excluding hydrogens is 447 g/mol. The highest BCUT2D eigenvalue weighted by Crippen LogP contribution is 2.35. The lowest BCUT2D eigenvalue weighted by molar-refractivity contribution is 0.391. The smallest absolute Gasteiger partial charge is 0.211 e. The van der Waals surface area contributed by atoms with Crippen LogP contribution in [0.2, 0.25) is 0 Å². The first-order valence-corrected chi connectivity index (χ1v) is 13.1. The summed E-state index contributed by atoms with van der Waals surface area (Å²) in [4.78, 5) is 0. The van der Waals surface area contributed by atoms with Gasteiger partial charge in [0.25, 0.3) is 0 Å². The summed E-state index contributed by atoms with van der Waals surface area (Å²) in [6.07, 6.45) is 5.29. The highest BCUT2D eigenvalue weighted by Gasteiger charge is 2.29. The summed E-state index contributed by atoms with van der Waals surface area (Å²) in [6, 6.07) is 14.0. The van der Waals surface area contributed by atoms with Gasteiger partial charge in [0.15, 0.2) is 0 Å². The summed E-state index contributed by atoms with van der Waals surface area (Å²) in [7, 11) is -3.15. The summed E-state index contributed by atoms with van der Waals surface area (Å²) in [5, 5.41) is 3.66. The van der Waals surface area contributed by atoms with Crippen molar-refractivity contribution < 1.29 is 12.8 Å². The SMILES string of the molecule is CCCS(=O)(=O)NCCCc1ccc2c(c1)C(Cc1ccc(F)cc1)C(NCC)CC2.Cl. The molecule has 0 radical (unpaired) electrons. The fourth-order valence-electron chi connectivity index (χ4n) is 4.60. The van der Waals surface area contributed by atoms with Gasteiger partial charge in [-0.25, -0.2) is 17.5 Å². The normalized spacial score (nSPS) is 18.1. The molecule has 2 N–H and O–H groups in total. The molecule has 0 spiro atoms. The van der Waals surface area contributed by atoms with Crippen molar-refractivity contribution in [2.24, 2.45) is 0 Å². The molecule has 0 heterocycles. The van der Waals surface area contributed by atoms with Gasteiger partial charge in [-0.05, 0) is 79.5 Å². The van der Waals surface area contributed by atoms with E-state index >= 15 is 0 Å². The molecule has 2 unspecified atom stereocenters. The number of rotatable bonds is 11. The van der Waals surface area contributed by atoms with Crippen molar-refractivity contribution in [1.29, 1.82) is 0 Å². The standard InChI is InChI=1S/C25H35FN2O2S.ClH/c1-3-16-31(29,30)28-15-5-6-19-7-10-21-11-14-25(27-4-2)24(23(21)17-19)18-20-8-12-22(26)13-9-20;/h7-10,12-13,17,24-25,27-28H,3-6,11,14-16,18H2,1-2H3;1H. The molecule has 2 aromatic rings. The number of benzene rings is 2. The molecule has 0 aliphatic heterocycles. The van der Waals surface area contributed by atoms with E-state index in [9.17, 15) is 12.8 Å². The van der Waals surface area contributed by atoms with E-state index in [4.69, 9.17) is 0 Å². The van der Waals surface area contributed by atoms with Gasteiger partial charge < -0.3 is 5.32 Å². The van der Waals surface area contributed by atoms with Crippen molar-refractivity contribution in [1.82, 2.24) is 10.0 Å². The molecule has 1 aliphatic rings. The number of hydrogen-bond acceptors (Lipinski definition) is 3. The first-order chi connectivity index (χ1) is 14.9. The van der Waals surface area contributed by atoms with Crippen LogP contribution in [0, 0.1) is 5.82 Å². The number of halogens is 2. The van der Waals surface area contributed by atoms with Gasteiger partial charge in [0.05, 0.1) is 5.75 Å². The Morgan fingerprint density at radius 3 is 2.47 bits per heavy atom. The lowest BCUT2D eigenvalue weighted by atomic mass is 9.75. The first-order valence-electron chi connectivity index (χ1n) is 11.5. The minimum Gasteiger partial charge on any atom is -0.314 e. The second-order valence-corrected chi connectivity index (χ2v) is 10.4. The average molecular weight is 483 g/mol. The van der Waals surface area contributed by atoms with Crippen LogP contribution in [0.25, 0.3) is 0 Å². The average Bonchev–Trinajstić information content (AvgIpc) is 2.74. The van der Waals surface area contributed by atoms with Crippen molar-refractivity contribution in [3.63, 3.8) is 0 Å². The Bertz CT molecular complexity index is 951. The number of aryl methyl sites for hydroxylation is 2. The van der Waals surface area contributed by atoms with Crippen LogP contribution in [0.5, 0.6) is 0 Å². The first kappa shape index (κ1) is 26.8. The lowest BCUT2D eigenvalue weighted by Gasteiger charge is -2.35. The molecule has 0 bridgehead atoms. The molecule has 178 valence electrons. The van der Waals surface area contributed by atoms with E-state index < -0.39 is 10.0 Å². The van der Waals surface area contributed by atoms with Gasteiger partial charge in [-0.15, -0.1) is 12.4 Å². The van der Waals surface area contributed by atoms with E-state index in [0.717, 1.165) is 44.2 Å². The maximum absolute atomic E-state index is 13.4. The van der Waals surface area contributed by atoms with Crippen molar-refractivity contribution in [2.45, 2.75) is 64.3 Å². The van der Waals surface area contributed by atoms with Gasteiger partial charge in [0, 0.05) is 18.5 Å². The molecular formula is C25H36ClFN2O2S. The van der Waals surface area contributed by atoms with Crippen LogP contribution in [-0.2, 0) is 29.3 Å². The second kappa shape index (κ2) is 12.7. The Balaban J connectivity index is 0.00000363. The third-order valence-electron chi connectivity index (χ3n) is 6.09. The molecule has 0 amide bonds. The van der Waals surface area contributed by atoms with Crippen LogP contribution in [-0.4, -0.2) is 33.3 Å². The number of sulfonamides is 1. The zero-order chi connectivity index (χ0) is 22.3. The summed E-state index contributed by atoms with van der Waals surface area (Å²) in [5.74, 6) is 0.327. The Labute approximate surface area is 198 Å². The van der Waals surface area contributed by atoms with Crippen molar-refractivity contribution >= 4 is 22.4 Å². The lowest BCUT2D eigenvalue weighted by Crippen LogP contribution is -2.39. The van der Waals surface area contributed by atoms with Gasteiger partial charge in [0.1, 0.15) is 5.82 Å². The van der Waals surface area contributed by atoms with E-state index in [1.165, 1.54) is 28.8 Å². The third-order valence-corrected chi connectivity index (χ3v) is 7.68. The third kappa shape index (κ3) is 7.55. The zero-order valence-corrected chi connectivity index (χ0v) is 20.7. The van der Waals surface area contributed by atoms with Crippen LogP contribution in [0.4, 0.5) is 4.39 Å². The maximum atomic E-state index is 13.4. The molecule has 7 heteroatoms. The molecule has 32 heavy (non-hydrogen) atoms. The minimum atomic E-state index is -3.15. The van der Waals surface area contributed by atoms with Crippen LogP contribution >= 0.6 is 12.4 Å². The van der Waals surface area contributed by atoms with Crippen LogP contribution in [0.15, 0.2) is 42.5 Å². The fraction of sp³-hybridized carbons (Fsp3) is 0.520. The van der Waals surface area contributed by atoms with Gasteiger partial charge in [-0.2, -0.15) is 0 Å². The monoisotopic (exact) mass is 482 g/mol.